The van der Waals surface area contributed by atoms with Gasteiger partial charge in [-0.15, -0.1) is 0 Å². The van der Waals surface area contributed by atoms with E-state index in [-0.39, 0.29) is 5.78 Å². The summed E-state index contributed by atoms with van der Waals surface area (Å²) in [6.07, 6.45) is 0.514. The van der Waals surface area contributed by atoms with Crippen LogP contribution in [-0.4, -0.2) is 50.5 Å². The van der Waals surface area contributed by atoms with E-state index in [0.29, 0.717) is 6.42 Å². The lowest BCUT2D eigenvalue weighted by atomic mass is 10.0. The van der Waals surface area contributed by atoms with Crippen LogP contribution < -0.4 is 9.64 Å². The molecule has 0 amide bonds. The van der Waals surface area contributed by atoms with Crippen molar-refractivity contribution in [1.82, 2.24) is 4.90 Å². The molecule has 2 heterocycles. The Bertz CT molecular complexity index is 1220. The van der Waals surface area contributed by atoms with Gasteiger partial charge in [-0.25, -0.2) is 0 Å². The Kier molecular flexibility index (Phi) is 5.35. The molecule has 0 radical (unpaired) electrons. The van der Waals surface area contributed by atoms with Gasteiger partial charge in [0.25, 0.3) is 0 Å². The number of hydrogen-bond donors (Lipinski definition) is 0. The fourth-order valence-corrected chi connectivity index (χ4v) is 4.41. The van der Waals surface area contributed by atoms with Crippen LogP contribution in [0.4, 0.5) is 5.69 Å². The third-order valence-electron chi connectivity index (χ3n) is 6.15. The van der Waals surface area contributed by atoms with E-state index in [2.05, 4.69) is 15.9 Å². The number of rotatable bonds is 6. The molecule has 1 aliphatic heterocycles. The Morgan fingerprint density at radius 3 is 2.48 bits per heavy atom. The fourth-order valence-electron chi connectivity index (χ4n) is 4.41. The van der Waals surface area contributed by atoms with Crippen LogP contribution in [0.25, 0.3) is 21.9 Å². The number of piperazine rings is 1. The number of ketones is 1. The summed E-state index contributed by atoms with van der Waals surface area (Å²) in [5.41, 5.74) is 3.49. The molecule has 31 heavy (non-hydrogen) atoms. The molecule has 5 nitrogen and oxygen atoms in total. The van der Waals surface area contributed by atoms with Crippen LogP contribution in [-0.2, 0) is 0 Å². The number of carbonyl (C=O) groups is 1. The molecule has 0 spiro atoms. The second kappa shape index (κ2) is 8.44. The number of ether oxygens (including phenoxy) is 1. The van der Waals surface area contributed by atoms with E-state index < -0.39 is 0 Å². The van der Waals surface area contributed by atoms with Gasteiger partial charge in [0.15, 0.2) is 5.78 Å². The standard InChI is InChI=1S/C26H26N2O3/c1-30-25-9-5-3-7-22(25)28-16-14-27(15-17-28)13-12-23(29)19-10-11-21-20-6-2-4-8-24(20)31-26(21)18-19/h2-11,18H,12-17H2,1H3. The molecule has 0 saturated carbocycles. The Morgan fingerprint density at radius 2 is 1.65 bits per heavy atom. The number of hydrogen-bond acceptors (Lipinski definition) is 5. The molecule has 0 aliphatic carbocycles. The third kappa shape index (κ3) is 3.89. The van der Waals surface area contributed by atoms with Crippen molar-refractivity contribution in [2.45, 2.75) is 6.42 Å². The first kappa shape index (κ1) is 19.6. The molecular weight excluding hydrogens is 388 g/mol. The minimum absolute atomic E-state index is 0.162. The van der Waals surface area contributed by atoms with Crippen LogP contribution in [0, 0.1) is 0 Å². The summed E-state index contributed by atoms with van der Waals surface area (Å²) in [5.74, 6) is 1.07. The minimum Gasteiger partial charge on any atom is -0.495 e. The van der Waals surface area contributed by atoms with Crippen LogP contribution in [0.15, 0.2) is 71.1 Å². The molecule has 0 N–H and O–H groups in total. The lowest BCUT2D eigenvalue weighted by Gasteiger charge is -2.36. The van der Waals surface area contributed by atoms with E-state index in [1.165, 1.54) is 0 Å². The van der Waals surface area contributed by atoms with Crippen LogP contribution in [0.2, 0.25) is 0 Å². The first-order valence-electron chi connectivity index (χ1n) is 10.8. The molecule has 3 aromatic carbocycles. The molecule has 1 aromatic heterocycles. The fraction of sp³-hybridized carbons (Fsp3) is 0.269. The first-order valence-corrected chi connectivity index (χ1v) is 10.8. The molecule has 1 aliphatic rings. The molecule has 5 rings (SSSR count). The van der Waals surface area contributed by atoms with Gasteiger partial charge in [-0.1, -0.05) is 36.4 Å². The first-order chi connectivity index (χ1) is 15.2. The number of carbonyl (C=O) groups excluding carboxylic acids is 1. The maximum Gasteiger partial charge on any atom is 0.164 e. The van der Waals surface area contributed by atoms with E-state index in [1.54, 1.807) is 7.11 Å². The van der Waals surface area contributed by atoms with Crippen LogP contribution in [0.1, 0.15) is 16.8 Å². The van der Waals surface area contributed by atoms with Crippen molar-refractivity contribution in [3.63, 3.8) is 0 Å². The van der Waals surface area contributed by atoms with Gasteiger partial charge in [0.05, 0.1) is 12.8 Å². The third-order valence-corrected chi connectivity index (χ3v) is 6.15. The van der Waals surface area contributed by atoms with Gasteiger partial charge in [0.1, 0.15) is 16.9 Å². The lowest BCUT2D eigenvalue weighted by molar-refractivity contribution is 0.0962. The Morgan fingerprint density at radius 1 is 0.903 bits per heavy atom. The highest BCUT2D eigenvalue weighted by molar-refractivity contribution is 6.07. The normalized spacial score (nSPS) is 14.9. The predicted molar refractivity (Wildman–Crippen MR) is 124 cm³/mol. The zero-order valence-corrected chi connectivity index (χ0v) is 17.7. The van der Waals surface area contributed by atoms with Gasteiger partial charge in [0.2, 0.25) is 0 Å². The molecule has 0 bridgehead atoms. The summed E-state index contributed by atoms with van der Waals surface area (Å²) in [4.78, 5) is 17.5. The number of nitrogens with zero attached hydrogens (tertiary/aromatic N) is 2. The van der Waals surface area contributed by atoms with E-state index >= 15 is 0 Å². The average molecular weight is 415 g/mol. The van der Waals surface area contributed by atoms with Crippen molar-refractivity contribution >= 4 is 33.4 Å². The van der Waals surface area contributed by atoms with Crippen molar-refractivity contribution in [2.24, 2.45) is 0 Å². The molecule has 0 unspecified atom stereocenters. The average Bonchev–Trinajstić information content (AvgIpc) is 3.20. The SMILES string of the molecule is COc1ccccc1N1CCN(CCC(=O)c2ccc3c(c2)oc2ccccc23)CC1. The highest BCUT2D eigenvalue weighted by Gasteiger charge is 2.20. The Hall–Kier alpha value is -3.31. The molecule has 4 aromatic rings. The molecule has 0 atom stereocenters. The van der Waals surface area contributed by atoms with Crippen molar-refractivity contribution in [2.75, 3.05) is 44.7 Å². The number of furan rings is 1. The smallest absolute Gasteiger partial charge is 0.164 e. The largest absolute Gasteiger partial charge is 0.495 e. The van der Waals surface area contributed by atoms with Crippen LogP contribution >= 0.6 is 0 Å². The number of Topliss-reactive ketones (excluding diaryl/α,β-unsaturated/α-hetero) is 1. The Balaban J connectivity index is 1.20. The van der Waals surface area contributed by atoms with Gasteiger partial charge in [0, 0.05) is 55.5 Å². The number of para-hydroxylation sites is 3. The van der Waals surface area contributed by atoms with Gasteiger partial charge >= 0.3 is 0 Å². The van der Waals surface area contributed by atoms with E-state index in [1.807, 2.05) is 60.7 Å². The zero-order valence-electron chi connectivity index (χ0n) is 17.7. The van der Waals surface area contributed by atoms with Gasteiger partial charge in [-0.3, -0.25) is 9.69 Å². The summed E-state index contributed by atoms with van der Waals surface area (Å²) in [6.45, 7) is 4.51. The van der Waals surface area contributed by atoms with Gasteiger partial charge in [-0.2, -0.15) is 0 Å². The topological polar surface area (TPSA) is 45.9 Å². The van der Waals surface area contributed by atoms with Crippen LogP contribution in [0.5, 0.6) is 5.75 Å². The van der Waals surface area contributed by atoms with E-state index in [0.717, 1.165) is 71.7 Å². The van der Waals surface area contributed by atoms with Gasteiger partial charge in [-0.05, 0) is 30.3 Å². The molecular formula is C26H26N2O3. The predicted octanol–water partition coefficient (Wildman–Crippen LogP) is 4.99. The number of benzene rings is 3. The maximum atomic E-state index is 12.8. The minimum atomic E-state index is 0.162. The molecule has 1 fully saturated rings. The quantitative estimate of drug-likeness (QED) is 0.416. The number of anilines is 1. The monoisotopic (exact) mass is 414 g/mol. The Labute approximate surface area is 181 Å². The summed E-state index contributed by atoms with van der Waals surface area (Å²) in [6, 6.07) is 21.9. The highest BCUT2D eigenvalue weighted by Crippen LogP contribution is 2.30. The molecule has 1 saturated heterocycles. The van der Waals surface area contributed by atoms with E-state index in [4.69, 9.17) is 9.15 Å². The van der Waals surface area contributed by atoms with E-state index in [9.17, 15) is 4.79 Å². The maximum absolute atomic E-state index is 12.8. The molecule has 158 valence electrons. The van der Waals surface area contributed by atoms with Gasteiger partial charge < -0.3 is 14.1 Å². The highest BCUT2D eigenvalue weighted by atomic mass is 16.5. The molecule has 5 heteroatoms. The summed E-state index contributed by atoms with van der Waals surface area (Å²) < 4.78 is 11.4. The summed E-state index contributed by atoms with van der Waals surface area (Å²) in [7, 11) is 1.71. The van der Waals surface area contributed by atoms with Crippen molar-refractivity contribution in [3.8, 4) is 5.75 Å². The second-order valence-electron chi connectivity index (χ2n) is 7.98. The summed E-state index contributed by atoms with van der Waals surface area (Å²) in [5, 5.41) is 2.14. The van der Waals surface area contributed by atoms with Crippen LogP contribution in [0.3, 0.4) is 0 Å². The lowest BCUT2D eigenvalue weighted by Crippen LogP contribution is -2.47. The number of methoxy groups -OCH3 is 1. The summed E-state index contributed by atoms with van der Waals surface area (Å²) >= 11 is 0. The van der Waals surface area contributed by atoms with Crippen molar-refractivity contribution in [1.29, 1.82) is 0 Å². The van der Waals surface area contributed by atoms with Crippen molar-refractivity contribution in [3.05, 3.63) is 72.3 Å². The zero-order chi connectivity index (χ0) is 21.2. The number of fused-ring (bicyclic) bond motifs is 3. The second-order valence-corrected chi connectivity index (χ2v) is 7.98. The van der Waals surface area contributed by atoms with Crippen molar-refractivity contribution < 1.29 is 13.9 Å².